The van der Waals surface area contributed by atoms with Gasteiger partial charge in [-0.1, -0.05) is 13.8 Å². The third kappa shape index (κ3) is 6.03. The number of hydrogen-bond acceptors (Lipinski definition) is 5. The highest BCUT2D eigenvalue weighted by Crippen LogP contribution is 2.16. The zero-order valence-corrected chi connectivity index (χ0v) is 11.6. The molecule has 0 fully saturated rings. The molecule has 1 aromatic rings. The number of carboxylic acids is 1. The Labute approximate surface area is 113 Å². The first-order chi connectivity index (χ1) is 9.01. The number of methoxy groups -OCH3 is 1. The third-order valence-corrected chi connectivity index (χ3v) is 2.66. The molecule has 0 aromatic carbocycles. The van der Waals surface area contributed by atoms with E-state index in [9.17, 15) is 4.79 Å². The minimum atomic E-state index is -0.779. The lowest BCUT2D eigenvalue weighted by Gasteiger charge is -2.17. The lowest BCUT2D eigenvalue weighted by molar-refractivity contribution is -0.138. The Balaban J connectivity index is 2.56. The highest BCUT2D eigenvalue weighted by atomic mass is 16.5. The number of carbonyl (C=O) groups is 1. The number of hydrogen-bond donors (Lipinski definition) is 2. The topological polar surface area (TPSA) is 84.3 Å². The quantitative estimate of drug-likeness (QED) is 0.749. The Morgan fingerprint density at radius 1 is 1.53 bits per heavy atom. The molecule has 1 aromatic heterocycles. The van der Waals surface area contributed by atoms with Crippen molar-refractivity contribution in [2.45, 2.75) is 26.7 Å². The maximum atomic E-state index is 10.8. The van der Waals surface area contributed by atoms with E-state index in [0.717, 1.165) is 6.42 Å². The Hall–Kier alpha value is -1.85. The van der Waals surface area contributed by atoms with Crippen molar-refractivity contribution in [1.29, 1.82) is 0 Å². The minimum absolute atomic E-state index is 0.0623. The van der Waals surface area contributed by atoms with E-state index < -0.39 is 5.97 Å². The smallest absolute Gasteiger partial charge is 0.303 e. The van der Waals surface area contributed by atoms with Gasteiger partial charge < -0.3 is 15.2 Å². The lowest BCUT2D eigenvalue weighted by Crippen LogP contribution is -2.20. The summed E-state index contributed by atoms with van der Waals surface area (Å²) in [5, 5.41) is 12.0. The maximum absolute atomic E-state index is 10.8. The van der Waals surface area contributed by atoms with Crippen LogP contribution < -0.4 is 10.1 Å². The molecule has 19 heavy (non-hydrogen) atoms. The monoisotopic (exact) mass is 267 g/mol. The average Bonchev–Trinajstić information content (AvgIpc) is 2.35. The van der Waals surface area contributed by atoms with Crippen molar-refractivity contribution >= 4 is 11.9 Å². The summed E-state index contributed by atoms with van der Waals surface area (Å²) in [5.41, 5.74) is 0. The molecule has 106 valence electrons. The number of rotatable bonds is 8. The van der Waals surface area contributed by atoms with Gasteiger partial charge in [-0.2, -0.15) is 4.98 Å². The molecule has 0 spiro atoms. The zero-order valence-electron chi connectivity index (χ0n) is 11.6. The first-order valence-corrected chi connectivity index (χ1v) is 6.34. The van der Waals surface area contributed by atoms with Gasteiger partial charge in [0.25, 0.3) is 0 Å². The van der Waals surface area contributed by atoms with Gasteiger partial charge in [-0.05, 0) is 18.3 Å². The van der Waals surface area contributed by atoms with Crippen molar-refractivity contribution in [3.05, 3.63) is 12.3 Å². The fraction of sp³-hybridized carbons (Fsp3) is 0.615. The van der Waals surface area contributed by atoms with Crippen LogP contribution in [0, 0.1) is 11.8 Å². The number of anilines is 1. The van der Waals surface area contributed by atoms with Gasteiger partial charge in [-0.25, -0.2) is 4.98 Å². The van der Waals surface area contributed by atoms with Crippen molar-refractivity contribution in [2.75, 3.05) is 19.0 Å². The fourth-order valence-corrected chi connectivity index (χ4v) is 1.93. The van der Waals surface area contributed by atoms with Crippen LogP contribution >= 0.6 is 0 Å². The second kappa shape index (κ2) is 7.56. The zero-order chi connectivity index (χ0) is 14.3. The molecule has 0 aliphatic heterocycles. The van der Waals surface area contributed by atoms with E-state index in [0.29, 0.717) is 24.3 Å². The third-order valence-electron chi connectivity index (χ3n) is 2.66. The molecule has 2 N–H and O–H groups in total. The summed E-state index contributed by atoms with van der Waals surface area (Å²) in [7, 11) is 1.54. The van der Waals surface area contributed by atoms with Gasteiger partial charge in [0.2, 0.25) is 11.8 Å². The molecule has 0 aliphatic rings. The molecule has 6 heteroatoms. The molecule has 0 bridgehead atoms. The van der Waals surface area contributed by atoms with Gasteiger partial charge >= 0.3 is 5.97 Å². The molecule has 1 atom stereocenters. The summed E-state index contributed by atoms with van der Waals surface area (Å²) in [6, 6.07) is 1.66. The Morgan fingerprint density at radius 3 is 2.84 bits per heavy atom. The van der Waals surface area contributed by atoms with Crippen LogP contribution in [-0.4, -0.2) is 34.7 Å². The van der Waals surface area contributed by atoms with Crippen LogP contribution in [0.4, 0.5) is 5.95 Å². The van der Waals surface area contributed by atoms with Crippen LogP contribution in [0.3, 0.4) is 0 Å². The van der Waals surface area contributed by atoms with Crippen LogP contribution in [0.15, 0.2) is 12.3 Å². The summed E-state index contributed by atoms with van der Waals surface area (Å²) in [5.74, 6) is 0.679. The molecule has 1 rings (SSSR count). The molecular weight excluding hydrogens is 246 g/mol. The molecule has 0 aliphatic carbocycles. The fourth-order valence-electron chi connectivity index (χ4n) is 1.93. The number of aromatic nitrogens is 2. The van der Waals surface area contributed by atoms with E-state index in [4.69, 9.17) is 9.84 Å². The molecule has 0 saturated heterocycles. The van der Waals surface area contributed by atoms with E-state index >= 15 is 0 Å². The summed E-state index contributed by atoms with van der Waals surface area (Å²) >= 11 is 0. The van der Waals surface area contributed by atoms with Crippen molar-refractivity contribution in [3.8, 4) is 5.88 Å². The van der Waals surface area contributed by atoms with Crippen molar-refractivity contribution in [3.63, 3.8) is 0 Å². The first-order valence-electron chi connectivity index (χ1n) is 6.34. The number of nitrogens with zero attached hydrogens (tertiary/aromatic N) is 2. The summed E-state index contributed by atoms with van der Waals surface area (Å²) in [6.07, 6.45) is 2.60. The van der Waals surface area contributed by atoms with Crippen LogP contribution in [0.5, 0.6) is 5.88 Å². The second-order valence-corrected chi connectivity index (χ2v) is 4.90. The van der Waals surface area contributed by atoms with Crippen LogP contribution in [0.1, 0.15) is 26.7 Å². The molecule has 0 radical (unpaired) electrons. The number of carboxylic acid groups (broad SMARTS) is 1. The van der Waals surface area contributed by atoms with Gasteiger partial charge in [-0.15, -0.1) is 0 Å². The van der Waals surface area contributed by atoms with Crippen molar-refractivity contribution in [2.24, 2.45) is 11.8 Å². The van der Waals surface area contributed by atoms with Gasteiger partial charge in [0.1, 0.15) is 0 Å². The molecule has 6 nitrogen and oxygen atoms in total. The lowest BCUT2D eigenvalue weighted by atomic mass is 9.94. The van der Waals surface area contributed by atoms with Gasteiger partial charge in [0.15, 0.2) is 0 Å². The normalized spacial score (nSPS) is 12.2. The summed E-state index contributed by atoms with van der Waals surface area (Å²) < 4.78 is 5.01. The van der Waals surface area contributed by atoms with E-state index in [2.05, 4.69) is 29.1 Å². The molecular formula is C13H21N3O3. The molecule has 0 amide bonds. The largest absolute Gasteiger partial charge is 0.481 e. The summed E-state index contributed by atoms with van der Waals surface area (Å²) in [4.78, 5) is 19.0. The molecule has 1 unspecified atom stereocenters. The standard InChI is InChI=1S/C13H21N3O3/c1-9(2)6-10(7-12(17)18)8-15-13-14-5-4-11(16-13)19-3/h4-5,9-10H,6-8H2,1-3H3,(H,17,18)(H,14,15,16). The average molecular weight is 267 g/mol. The van der Waals surface area contributed by atoms with Crippen LogP contribution in [0.25, 0.3) is 0 Å². The van der Waals surface area contributed by atoms with E-state index in [1.165, 1.54) is 7.11 Å². The molecule has 1 heterocycles. The minimum Gasteiger partial charge on any atom is -0.481 e. The molecule has 0 saturated carbocycles. The van der Waals surface area contributed by atoms with Gasteiger partial charge in [0, 0.05) is 25.2 Å². The summed E-state index contributed by atoms with van der Waals surface area (Å²) in [6.45, 7) is 4.70. The Morgan fingerprint density at radius 2 is 2.26 bits per heavy atom. The van der Waals surface area contributed by atoms with E-state index in [-0.39, 0.29) is 12.3 Å². The number of nitrogens with one attached hydrogen (secondary N) is 1. The second-order valence-electron chi connectivity index (χ2n) is 4.90. The van der Waals surface area contributed by atoms with Gasteiger partial charge in [-0.3, -0.25) is 4.79 Å². The van der Waals surface area contributed by atoms with Gasteiger partial charge in [0.05, 0.1) is 7.11 Å². The Kier molecular flexibility index (Phi) is 6.05. The predicted molar refractivity (Wildman–Crippen MR) is 72.3 cm³/mol. The Bertz CT molecular complexity index is 410. The van der Waals surface area contributed by atoms with E-state index in [1.807, 2.05) is 0 Å². The highest BCUT2D eigenvalue weighted by molar-refractivity contribution is 5.67. The highest BCUT2D eigenvalue weighted by Gasteiger charge is 2.15. The predicted octanol–water partition coefficient (Wildman–Crippen LogP) is 2.03. The van der Waals surface area contributed by atoms with Crippen molar-refractivity contribution in [1.82, 2.24) is 9.97 Å². The number of ether oxygens (including phenoxy) is 1. The maximum Gasteiger partial charge on any atom is 0.303 e. The van der Waals surface area contributed by atoms with E-state index in [1.54, 1.807) is 12.3 Å². The first kappa shape index (κ1) is 15.2. The number of aliphatic carboxylic acids is 1. The van der Waals surface area contributed by atoms with Crippen LogP contribution in [0.2, 0.25) is 0 Å². The van der Waals surface area contributed by atoms with Crippen LogP contribution in [-0.2, 0) is 4.79 Å². The SMILES string of the molecule is COc1ccnc(NCC(CC(=O)O)CC(C)C)n1. The van der Waals surface area contributed by atoms with Crippen molar-refractivity contribution < 1.29 is 14.6 Å².